The molecule has 0 amide bonds. The fourth-order valence-electron chi connectivity index (χ4n) is 2.40. The summed E-state index contributed by atoms with van der Waals surface area (Å²) in [6, 6.07) is 12.5. The topological polar surface area (TPSA) is 72.8 Å². The number of carboxylic acids is 1. The van der Waals surface area contributed by atoms with E-state index in [2.05, 4.69) is 0 Å². The minimum absolute atomic E-state index is 0.0772. The van der Waals surface area contributed by atoms with E-state index in [4.69, 9.17) is 14.6 Å². The molecular formula is C17H14O5. The third-order valence-corrected chi connectivity index (χ3v) is 3.49. The van der Waals surface area contributed by atoms with Crippen molar-refractivity contribution in [1.29, 1.82) is 0 Å². The molecule has 0 aliphatic carbocycles. The summed E-state index contributed by atoms with van der Waals surface area (Å²) < 4.78 is 11.2. The van der Waals surface area contributed by atoms with Crippen molar-refractivity contribution < 1.29 is 24.2 Å². The van der Waals surface area contributed by atoms with Crippen molar-refractivity contribution in [2.45, 2.75) is 19.1 Å². The summed E-state index contributed by atoms with van der Waals surface area (Å²) in [7, 11) is 0. The van der Waals surface area contributed by atoms with Crippen molar-refractivity contribution in [3.05, 3.63) is 59.2 Å². The lowest BCUT2D eigenvalue weighted by molar-refractivity contribution is -0.113. The zero-order valence-electron chi connectivity index (χ0n) is 11.7. The lowest BCUT2D eigenvalue weighted by Gasteiger charge is -2.11. The molecule has 112 valence electrons. The van der Waals surface area contributed by atoms with Crippen LogP contribution in [0.3, 0.4) is 0 Å². The number of aromatic carboxylic acids is 1. The molecule has 0 spiro atoms. The second-order valence-corrected chi connectivity index (χ2v) is 5.03. The molecule has 1 N–H and O–H groups in total. The molecule has 0 saturated heterocycles. The Bertz CT molecular complexity index is 708. The van der Waals surface area contributed by atoms with Crippen molar-refractivity contribution in [1.82, 2.24) is 0 Å². The second-order valence-electron chi connectivity index (χ2n) is 5.03. The fraction of sp³-hybridized carbons (Fsp3) is 0.176. The maximum Gasteiger partial charge on any atom is 0.335 e. The van der Waals surface area contributed by atoms with Gasteiger partial charge in [0.25, 0.3) is 0 Å². The smallest absolute Gasteiger partial charge is 0.335 e. The van der Waals surface area contributed by atoms with Crippen molar-refractivity contribution in [3.63, 3.8) is 0 Å². The summed E-state index contributed by atoms with van der Waals surface area (Å²) in [5.74, 6) is -0.214. The van der Waals surface area contributed by atoms with Crippen LogP contribution in [0.15, 0.2) is 42.5 Å². The van der Waals surface area contributed by atoms with Crippen molar-refractivity contribution >= 4 is 12.3 Å². The van der Waals surface area contributed by atoms with Crippen LogP contribution < -0.4 is 9.47 Å². The Labute approximate surface area is 127 Å². The highest BCUT2D eigenvalue weighted by atomic mass is 16.5. The van der Waals surface area contributed by atoms with Gasteiger partial charge in [-0.1, -0.05) is 30.3 Å². The van der Waals surface area contributed by atoms with Crippen molar-refractivity contribution in [2.75, 3.05) is 0 Å². The Balaban J connectivity index is 1.89. The second kappa shape index (κ2) is 5.89. The summed E-state index contributed by atoms with van der Waals surface area (Å²) in [5, 5.41) is 9.17. The van der Waals surface area contributed by atoms with Crippen molar-refractivity contribution in [2.24, 2.45) is 0 Å². The molecule has 1 aliphatic heterocycles. The van der Waals surface area contributed by atoms with Crippen LogP contribution in [0.2, 0.25) is 0 Å². The van der Waals surface area contributed by atoms with Gasteiger partial charge in [0.15, 0.2) is 12.4 Å². The first-order valence-corrected chi connectivity index (χ1v) is 6.86. The summed E-state index contributed by atoms with van der Waals surface area (Å²) >= 11 is 0. The van der Waals surface area contributed by atoms with Crippen molar-refractivity contribution in [3.8, 4) is 11.5 Å². The third kappa shape index (κ3) is 2.79. The number of benzene rings is 2. The SMILES string of the molecule is O=CC1Cc2c(OCc3ccccc3)cc(C(=O)O)cc2O1. The molecule has 22 heavy (non-hydrogen) atoms. The maximum absolute atomic E-state index is 11.2. The molecule has 0 saturated carbocycles. The lowest BCUT2D eigenvalue weighted by Crippen LogP contribution is -2.13. The molecule has 2 aromatic rings. The first-order chi connectivity index (χ1) is 10.7. The van der Waals surface area contributed by atoms with E-state index in [9.17, 15) is 9.59 Å². The van der Waals surface area contributed by atoms with E-state index in [1.807, 2.05) is 30.3 Å². The highest BCUT2D eigenvalue weighted by Gasteiger charge is 2.27. The van der Waals surface area contributed by atoms with Gasteiger partial charge in [0.1, 0.15) is 18.1 Å². The normalized spacial score (nSPS) is 15.7. The number of carbonyl (C=O) groups is 2. The van der Waals surface area contributed by atoms with Gasteiger partial charge in [-0.15, -0.1) is 0 Å². The van der Waals surface area contributed by atoms with Gasteiger partial charge in [0.2, 0.25) is 0 Å². The van der Waals surface area contributed by atoms with Crippen LogP contribution in [0.25, 0.3) is 0 Å². The number of carbonyl (C=O) groups excluding carboxylic acids is 1. The highest BCUT2D eigenvalue weighted by molar-refractivity contribution is 5.89. The number of ether oxygens (including phenoxy) is 2. The molecule has 2 aromatic carbocycles. The van der Waals surface area contributed by atoms with Gasteiger partial charge in [-0.05, 0) is 17.7 Å². The molecule has 5 nitrogen and oxygen atoms in total. The first kappa shape index (κ1) is 14.1. The van der Waals surface area contributed by atoms with Crippen LogP contribution >= 0.6 is 0 Å². The predicted octanol–water partition coefficient (Wildman–Crippen LogP) is 2.47. The molecule has 1 aliphatic rings. The summed E-state index contributed by atoms with van der Waals surface area (Å²) in [4.78, 5) is 22.1. The number of hydrogen-bond donors (Lipinski definition) is 1. The van der Waals surface area contributed by atoms with E-state index < -0.39 is 12.1 Å². The molecule has 1 heterocycles. The average molecular weight is 298 g/mol. The van der Waals surface area contributed by atoms with Gasteiger partial charge in [0.05, 0.1) is 5.56 Å². The average Bonchev–Trinajstić information content (AvgIpc) is 2.96. The number of aldehydes is 1. The predicted molar refractivity (Wildman–Crippen MR) is 78.4 cm³/mol. The Morgan fingerprint density at radius 3 is 2.77 bits per heavy atom. The van der Waals surface area contributed by atoms with Crippen LogP contribution in [0.5, 0.6) is 11.5 Å². The third-order valence-electron chi connectivity index (χ3n) is 3.49. The van der Waals surface area contributed by atoms with Gasteiger partial charge in [0, 0.05) is 12.0 Å². The highest BCUT2D eigenvalue weighted by Crippen LogP contribution is 2.37. The Kier molecular flexibility index (Phi) is 3.78. The monoisotopic (exact) mass is 298 g/mol. The zero-order valence-corrected chi connectivity index (χ0v) is 11.7. The molecular weight excluding hydrogens is 284 g/mol. The maximum atomic E-state index is 11.2. The van der Waals surface area contributed by atoms with Gasteiger partial charge in [-0.3, -0.25) is 4.79 Å². The van der Waals surface area contributed by atoms with E-state index in [1.165, 1.54) is 12.1 Å². The minimum atomic E-state index is -1.06. The number of fused-ring (bicyclic) bond motifs is 1. The zero-order chi connectivity index (χ0) is 15.5. The van der Waals surface area contributed by atoms with Crippen LogP contribution in [0, 0.1) is 0 Å². The standard InChI is InChI=1S/C17H14O5/c18-9-13-8-14-15(21-10-11-4-2-1-3-5-11)6-12(17(19)20)7-16(14)22-13/h1-7,9,13H,8,10H2,(H,19,20). The van der Waals surface area contributed by atoms with Gasteiger partial charge < -0.3 is 14.6 Å². The molecule has 0 fully saturated rings. The Hall–Kier alpha value is -2.82. The fourth-order valence-corrected chi connectivity index (χ4v) is 2.40. The molecule has 0 bridgehead atoms. The van der Waals surface area contributed by atoms with E-state index in [-0.39, 0.29) is 5.56 Å². The number of rotatable bonds is 5. The summed E-state index contributed by atoms with van der Waals surface area (Å²) in [6.45, 7) is 0.322. The number of carboxylic acid groups (broad SMARTS) is 1. The van der Waals surface area contributed by atoms with E-state index in [1.54, 1.807) is 0 Å². The minimum Gasteiger partial charge on any atom is -0.488 e. The van der Waals surface area contributed by atoms with Gasteiger partial charge >= 0.3 is 5.97 Å². The molecule has 0 radical (unpaired) electrons. The molecule has 1 unspecified atom stereocenters. The number of hydrogen-bond acceptors (Lipinski definition) is 4. The lowest BCUT2D eigenvalue weighted by atomic mass is 10.1. The summed E-state index contributed by atoms with van der Waals surface area (Å²) in [6.07, 6.45) is 0.516. The van der Waals surface area contributed by atoms with E-state index >= 15 is 0 Å². The molecule has 3 rings (SSSR count). The van der Waals surface area contributed by atoms with E-state index in [0.29, 0.717) is 30.8 Å². The Morgan fingerprint density at radius 1 is 1.32 bits per heavy atom. The van der Waals surface area contributed by atoms with Gasteiger partial charge in [-0.2, -0.15) is 0 Å². The summed E-state index contributed by atoms with van der Waals surface area (Å²) in [5.41, 5.74) is 1.79. The van der Waals surface area contributed by atoms with Crippen LogP contribution in [0.1, 0.15) is 21.5 Å². The molecule has 0 aromatic heterocycles. The van der Waals surface area contributed by atoms with Gasteiger partial charge in [-0.25, -0.2) is 4.79 Å². The largest absolute Gasteiger partial charge is 0.488 e. The quantitative estimate of drug-likeness (QED) is 0.858. The van der Waals surface area contributed by atoms with E-state index in [0.717, 1.165) is 11.1 Å². The molecule has 5 heteroatoms. The van der Waals surface area contributed by atoms with Crippen LogP contribution in [0.4, 0.5) is 0 Å². The first-order valence-electron chi connectivity index (χ1n) is 6.86. The Morgan fingerprint density at radius 2 is 2.09 bits per heavy atom. The van der Waals surface area contributed by atoms with Crippen LogP contribution in [-0.4, -0.2) is 23.5 Å². The van der Waals surface area contributed by atoms with Crippen LogP contribution in [-0.2, 0) is 17.8 Å². The molecule has 1 atom stereocenters.